The molecule has 0 radical (unpaired) electrons. The molecular formula is C14H22BrFN4. The summed E-state index contributed by atoms with van der Waals surface area (Å²) in [7, 11) is 4.20. The van der Waals surface area contributed by atoms with Crippen LogP contribution in [0.2, 0.25) is 0 Å². The molecule has 2 unspecified atom stereocenters. The van der Waals surface area contributed by atoms with Crippen molar-refractivity contribution in [2.24, 2.45) is 5.84 Å². The monoisotopic (exact) mass is 344 g/mol. The van der Waals surface area contributed by atoms with Crippen LogP contribution in [0.4, 0.5) is 4.39 Å². The van der Waals surface area contributed by atoms with Gasteiger partial charge in [-0.3, -0.25) is 16.2 Å². The van der Waals surface area contributed by atoms with Crippen molar-refractivity contribution in [1.82, 2.24) is 15.2 Å². The van der Waals surface area contributed by atoms with E-state index in [2.05, 4.69) is 45.3 Å². The number of hydrazine groups is 1. The number of rotatable bonds is 4. The normalized spacial score (nSPS) is 22.9. The van der Waals surface area contributed by atoms with Crippen LogP contribution in [0.5, 0.6) is 0 Å². The van der Waals surface area contributed by atoms with Crippen molar-refractivity contribution >= 4 is 15.9 Å². The molecule has 1 saturated heterocycles. The van der Waals surface area contributed by atoms with Crippen molar-refractivity contribution in [3.63, 3.8) is 0 Å². The van der Waals surface area contributed by atoms with Crippen LogP contribution in [0.15, 0.2) is 22.7 Å². The predicted octanol–water partition coefficient (Wildman–Crippen LogP) is 1.21. The second kappa shape index (κ2) is 6.95. The summed E-state index contributed by atoms with van der Waals surface area (Å²) in [6.45, 7) is 2.98. The summed E-state index contributed by atoms with van der Waals surface area (Å²) >= 11 is 3.39. The average Bonchev–Trinajstić information content (AvgIpc) is 2.42. The van der Waals surface area contributed by atoms with Crippen molar-refractivity contribution in [2.45, 2.75) is 18.5 Å². The van der Waals surface area contributed by atoms with E-state index in [1.807, 2.05) is 6.07 Å². The number of benzene rings is 1. The van der Waals surface area contributed by atoms with Crippen molar-refractivity contribution < 1.29 is 4.39 Å². The molecule has 0 aliphatic carbocycles. The van der Waals surface area contributed by atoms with Crippen molar-refractivity contribution in [3.05, 3.63) is 34.1 Å². The van der Waals surface area contributed by atoms with Crippen LogP contribution >= 0.6 is 15.9 Å². The highest BCUT2D eigenvalue weighted by atomic mass is 79.9. The van der Waals surface area contributed by atoms with Gasteiger partial charge in [-0.05, 0) is 44.3 Å². The maximum atomic E-state index is 13.9. The standard InChI is InChI=1S/C14H22BrFN4/c1-19-5-6-20(2)14(9-19)13(18-17)8-10-7-11(15)3-4-12(10)16/h3-4,7,13-14,18H,5-6,8-9,17H2,1-2H3. The SMILES string of the molecule is CN1CCN(C)C(C(Cc2cc(Br)ccc2F)NN)C1. The smallest absolute Gasteiger partial charge is 0.126 e. The summed E-state index contributed by atoms with van der Waals surface area (Å²) < 4.78 is 14.8. The van der Waals surface area contributed by atoms with Gasteiger partial charge in [0.1, 0.15) is 5.82 Å². The van der Waals surface area contributed by atoms with E-state index in [1.165, 1.54) is 6.07 Å². The van der Waals surface area contributed by atoms with Gasteiger partial charge in [0.15, 0.2) is 0 Å². The van der Waals surface area contributed by atoms with Crippen molar-refractivity contribution in [1.29, 1.82) is 0 Å². The molecule has 1 heterocycles. The summed E-state index contributed by atoms with van der Waals surface area (Å²) in [6, 6.07) is 5.32. The van der Waals surface area contributed by atoms with E-state index in [9.17, 15) is 4.39 Å². The Bertz CT molecular complexity index is 457. The van der Waals surface area contributed by atoms with E-state index in [-0.39, 0.29) is 17.9 Å². The maximum Gasteiger partial charge on any atom is 0.126 e. The molecule has 1 aliphatic rings. The van der Waals surface area contributed by atoms with Crippen LogP contribution in [0.25, 0.3) is 0 Å². The summed E-state index contributed by atoms with van der Waals surface area (Å²) in [5, 5.41) is 0. The van der Waals surface area contributed by atoms with Crippen LogP contribution in [-0.2, 0) is 6.42 Å². The van der Waals surface area contributed by atoms with Gasteiger partial charge >= 0.3 is 0 Å². The van der Waals surface area contributed by atoms with Gasteiger partial charge in [0.05, 0.1) is 0 Å². The minimum absolute atomic E-state index is 0.0200. The van der Waals surface area contributed by atoms with Gasteiger partial charge in [0, 0.05) is 36.2 Å². The zero-order valence-electron chi connectivity index (χ0n) is 11.9. The summed E-state index contributed by atoms with van der Waals surface area (Å²) in [6.07, 6.45) is 0.574. The van der Waals surface area contributed by atoms with E-state index in [4.69, 9.17) is 5.84 Å². The van der Waals surface area contributed by atoms with Gasteiger partial charge in [0.2, 0.25) is 0 Å². The fourth-order valence-corrected chi connectivity index (χ4v) is 3.13. The average molecular weight is 345 g/mol. The molecule has 1 aromatic carbocycles. The first-order valence-corrected chi connectivity index (χ1v) is 7.59. The zero-order valence-corrected chi connectivity index (χ0v) is 13.5. The second-order valence-corrected chi connectivity index (χ2v) is 6.44. The molecule has 6 heteroatoms. The number of nitrogens with zero attached hydrogens (tertiary/aromatic N) is 2. The largest absolute Gasteiger partial charge is 0.303 e. The molecular weight excluding hydrogens is 323 g/mol. The molecule has 112 valence electrons. The predicted molar refractivity (Wildman–Crippen MR) is 82.8 cm³/mol. The van der Waals surface area contributed by atoms with Crippen LogP contribution in [0.1, 0.15) is 5.56 Å². The molecule has 3 N–H and O–H groups in total. The number of nitrogens with one attached hydrogen (secondary N) is 1. The van der Waals surface area contributed by atoms with Gasteiger partial charge in [0.25, 0.3) is 0 Å². The number of halogens is 2. The van der Waals surface area contributed by atoms with E-state index in [1.54, 1.807) is 6.07 Å². The Balaban J connectivity index is 2.13. The van der Waals surface area contributed by atoms with E-state index in [0.29, 0.717) is 12.0 Å². The Morgan fingerprint density at radius 1 is 1.45 bits per heavy atom. The highest BCUT2D eigenvalue weighted by Gasteiger charge is 2.29. The highest BCUT2D eigenvalue weighted by Crippen LogP contribution is 2.19. The first-order valence-electron chi connectivity index (χ1n) is 6.80. The van der Waals surface area contributed by atoms with E-state index >= 15 is 0 Å². The minimum atomic E-state index is -0.180. The third-order valence-corrected chi connectivity index (χ3v) is 4.52. The van der Waals surface area contributed by atoms with Crippen LogP contribution in [0, 0.1) is 5.82 Å². The highest BCUT2D eigenvalue weighted by molar-refractivity contribution is 9.10. The van der Waals surface area contributed by atoms with Gasteiger partial charge in [-0.25, -0.2) is 4.39 Å². The first kappa shape index (κ1) is 15.9. The fraction of sp³-hybridized carbons (Fsp3) is 0.571. The van der Waals surface area contributed by atoms with Crippen LogP contribution in [-0.4, -0.2) is 55.6 Å². The molecule has 0 bridgehead atoms. The van der Waals surface area contributed by atoms with Crippen molar-refractivity contribution in [2.75, 3.05) is 33.7 Å². The molecule has 1 aliphatic heterocycles. The fourth-order valence-electron chi connectivity index (χ4n) is 2.72. The molecule has 0 spiro atoms. The lowest BCUT2D eigenvalue weighted by Crippen LogP contribution is -2.60. The summed E-state index contributed by atoms with van der Waals surface area (Å²) in [5.41, 5.74) is 3.55. The first-order chi connectivity index (χ1) is 9.51. The third-order valence-electron chi connectivity index (χ3n) is 4.03. The van der Waals surface area contributed by atoms with Crippen LogP contribution < -0.4 is 11.3 Å². The second-order valence-electron chi connectivity index (χ2n) is 5.52. The lowest BCUT2D eigenvalue weighted by Gasteiger charge is -2.41. The van der Waals surface area contributed by atoms with Gasteiger partial charge < -0.3 is 4.90 Å². The summed E-state index contributed by atoms with van der Waals surface area (Å²) in [4.78, 5) is 4.58. The van der Waals surface area contributed by atoms with Crippen molar-refractivity contribution in [3.8, 4) is 0 Å². The van der Waals surface area contributed by atoms with Gasteiger partial charge in [-0.1, -0.05) is 15.9 Å². The van der Waals surface area contributed by atoms with Gasteiger partial charge in [-0.15, -0.1) is 0 Å². The maximum absolute atomic E-state index is 13.9. The zero-order chi connectivity index (χ0) is 14.7. The molecule has 2 atom stereocenters. The molecule has 0 aromatic heterocycles. The number of nitrogens with two attached hydrogens (primary N) is 1. The molecule has 20 heavy (non-hydrogen) atoms. The Kier molecular flexibility index (Phi) is 5.51. The molecule has 1 fully saturated rings. The molecule has 1 aromatic rings. The van der Waals surface area contributed by atoms with Gasteiger partial charge in [-0.2, -0.15) is 0 Å². The lowest BCUT2D eigenvalue weighted by atomic mass is 9.97. The van der Waals surface area contributed by atoms with E-state index in [0.717, 1.165) is 24.1 Å². The lowest BCUT2D eigenvalue weighted by molar-refractivity contribution is 0.0874. The molecule has 0 amide bonds. The molecule has 4 nitrogen and oxygen atoms in total. The topological polar surface area (TPSA) is 44.5 Å². The number of hydrogen-bond acceptors (Lipinski definition) is 4. The number of piperazine rings is 1. The Labute approximate surface area is 128 Å². The number of likely N-dealkylation sites (N-methyl/N-ethyl adjacent to an activating group) is 2. The third kappa shape index (κ3) is 3.77. The minimum Gasteiger partial charge on any atom is -0.303 e. The number of hydrogen-bond donors (Lipinski definition) is 2. The quantitative estimate of drug-likeness (QED) is 0.636. The molecule has 0 saturated carbocycles. The van der Waals surface area contributed by atoms with E-state index < -0.39 is 0 Å². The van der Waals surface area contributed by atoms with Crippen LogP contribution in [0.3, 0.4) is 0 Å². The summed E-state index contributed by atoms with van der Waals surface area (Å²) in [5.74, 6) is 5.54. The Morgan fingerprint density at radius 2 is 2.20 bits per heavy atom. The Hall–Kier alpha value is -0.530. The Morgan fingerprint density at radius 3 is 2.90 bits per heavy atom. The molecule has 2 rings (SSSR count).